The molecule has 0 aromatic heterocycles. The molecule has 180 valence electrons. The van der Waals surface area contributed by atoms with Gasteiger partial charge in [0.1, 0.15) is 17.3 Å². The second-order valence-corrected chi connectivity index (χ2v) is 12.1. The molecule has 32 heavy (non-hydrogen) atoms. The summed E-state index contributed by atoms with van der Waals surface area (Å²) >= 11 is 0. The van der Waals surface area contributed by atoms with Crippen LogP contribution in [0.15, 0.2) is 11.3 Å². The highest BCUT2D eigenvalue weighted by Gasteiger charge is 2.73. The lowest BCUT2D eigenvalue weighted by Gasteiger charge is -2.65. The van der Waals surface area contributed by atoms with Crippen molar-refractivity contribution in [2.75, 3.05) is 7.11 Å². The van der Waals surface area contributed by atoms with Gasteiger partial charge < -0.3 is 19.7 Å². The third-order valence-corrected chi connectivity index (χ3v) is 10.6. The molecule has 3 fully saturated rings. The number of aliphatic hydroxyl groups is 2. The van der Waals surface area contributed by atoms with Gasteiger partial charge in [0, 0.05) is 28.7 Å². The van der Waals surface area contributed by atoms with E-state index in [-0.39, 0.29) is 34.4 Å². The van der Waals surface area contributed by atoms with Gasteiger partial charge in [0.05, 0.1) is 19.3 Å². The van der Waals surface area contributed by atoms with Crippen LogP contribution in [-0.4, -0.2) is 46.9 Å². The number of ether oxygens (including phenoxy) is 2. The molecule has 0 unspecified atom stereocenters. The monoisotopic (exact) mass is 448 g/mol. The first kappa shape index (κ1) is 23.7. The molecular weight excluding hydrogens is 408 g/mol. The van der Waals surface area contributed by atoms with E-state index in [0.29, 0.717) is 30.6 Å². The van der Waals surface area contributed by atoms with Gasteiger partial charge in [-0.3, -0.25) is 9.59 Å². The van der Waals surface area contributed by atoms with Crippen LogP contribution in [0, 0.1) is 39.9 Å². The molecule has 1 saturated heterocycles. The molecule has 9 atom stereocenters. The number of methoxy groups -OCH3 is 1. The van der Waals surface area contributed by atoms with E-state index >= 15 is 0 Å². The van der Waals surface area contributed by atoms with Crippen molar-refractivity contribution in [3.05, 3.63) is 11.3 Å². The molecule has 2 saturated carbocycles. The number of allylic oxidation sites excluding steroid dienone is 2. The van der Waals surface area contributed by atoms with E-state index in [9.17, 15) is 19.8 Å². The predicted octanol–water partition coefficient (Wildman–Crippen LogP) is 3.64. The maximum atomic E-state index is 13.2. The Hall–Kier alpha value is -1.40. The van der Waals surface area contributed by atoms with E-state index in [0.717, 1.165) is 6.42 Å². The van der Waals surface area contributed by atoms with Crippen molar-refractivity contribution in [1.29, 1.82) is 0 Å². The van der Waals surface area contributed by atoms with Crippen LogP contribution in [0.5, 0.6) is 0 Å². The van der Waals surface area contributed by atoms with Gasteiger partial charge >= 0.3 is 5.97 Å². The van der Waals surface area contributed by atoms with Crippen molar-refractivity contribution in [1.82, 2.24) is 0 Å². The third kappa shape index (κ3) is 2.65. The SMILES string of the molecule is COC(=O)[C@@H]1C(=O)C(C)=C2O[C@@]3(C[C@]2(C)[C@H]1C)[C@@H](C)[C@@H](O)C[C@H]1C(C)(C)[C@@H](O)CC[C@@]13C. The molecule has 2 N–H and O–H groups in total. The summed E-state index contributed by atoms with van der Waals surface area (Å²) in [5, 5.41) is 22.1. The zero-order valence-corrected chi connectivity index (χ0v) is 20.8. The number of esters is 1. The normalized spacial score (nSPS) is 50.0. The summed E-state index contributed by atoms with van der Waals surface area (Å²) in [6.07, 6.45) is 1.74. The lowest BCUT2D eigenvalue weighted by molar-refractivity contribution is -0.249. The van der Waals surface area contributed by atoms with Gasteiger partial charge in [0.2, 0.25) is 0 Å². The van der Waals surface area contributed by atoms with Gasteiger partial charge in [-0.15, -0.1) is 0 Å². The maximum absolute atomic E-state index is 13.2. The molecular formula is C26H40O6. The zero-order chi connectivity index (χ0) is 24.0. The van der Waals surface area contributed by atoms with Crippen molar-refractivity contribution in [2.45, 2.75) is 92.0 Å². The number of carbonyl (C=O) groups excluding carboxylic acids is 2. The minimum atomic E-state index is -0.843. The average molecular weight is 449 g/mol. The molecule has 4 aliphatic rings. The zero-order valence-electron chi connectivity index (χ0n) is 20.8. The Kier molecular flexibility index (Phi) is 5.23. The first-order chi connectivity index (χ1) is 14.7. The van der Waals surface area contributed by atoms with Gasteiger partial charge in [-0.1, -0.05) is 41.5 Å². The van der Waals surface area contributed by atoms with Crippen molar-refractivity contribution < 1.29 is 29.3 Å². The summed E-state index contributed by atoms with van der Waals surface area (Å²) in [5.41, 5.74) is -1.35. The van der Waals surface area contributed by atoms with Crippen LogP contribution in [0.2, 0.25) is 0 Å². The smallest absolute Gasteiger partial charge is 0.316 e. The number of ketones is 1. The Morgan fingerprint density at radius 3 is 2.34 bits per heavy atom. The van der Waals surface area contributed by atoms with Gasteiger partial charge in [-0.2, -0.15) is 0 Å². The summed E-state index contributed by atoms with van der Waals surface area (Å²) in [7, 11) is 1.33. The molecule has 1 spiro atoms. The first-order valence-corrected chi connectivity index (χ1v) is 12.1. The number of hydrogen-bond donors (Lipinski definition) is 2. The molecule has 1 aliphatic heterocycles. The Morgan fingerprint density at radius 1 is 1.12 bits per heavy atom. The summed E-state index contributed by atoms with van der Waals surface area (Å²) in [4.78, 5) is 25.8. The largest absolute Gasteiger partial charge is 0.490 e. The molecule has 1 heterocycles. The van der Waals surface area contributed by atoms with E-state index in [1.54, 1.807) is 6.92 Å². The number of rotatable bonds is 1. The summed E-state index contributed by atoms with van der Waals surface area (Å²) in [5.74, 6) is -1.24. The maximum Gasteiger partial charge on any atom is 0.316 e. The second kappa shape index (κ2) is 7.05. The van der Waals surface area contributed by atoms with Crippen LogP contribution in [0.1, 0.15) is 74.1 Å². The van der Waals surface area contributed by atoms with Crippen LogP contribution in [-0.2, 0) is 19.1 Å². The minimum absolute atomic E-state index is 0.0667. The van der Waals surface area contributed by atoms with Gasteiger partial charge in [-0.25, -0.2) is 0 Å². The van der Waals surface area contributed by atoms with Crippen LogP contribution in [0.3, 0.4) is 0 Å². The molecule has 0 aromatic rings. The standard InChI is InChI=1S/C26H40O6/c1-13-20(29)19(22(30)31-8)15(3)24(6)12-26(32-21(13)24)14(2)16(27)11-17-23(4,5)18(28)9-10-25(17,26)7/h14-19,27-28H,9-12H2,1-8H3/t14-,15-,16-,17-,18-,19-,24+,25-,26-/m0/s1. The van der Waals surface area contributed by atoms with Crippen molar-refractivity contribution in [3.63, 3.8) is 0 Å². The molecule has 0 bridgehead atoms. The first-order valence-electron chi connectivity index (χ1n) is 12.1. The van der Waals surface area contributed by atoms with Crippen LogP contribution >= 0.6 is 0 Å². The Bertz CT molecular complexity index is 876. The molecule has 0 aromatic carbocycles. The molecule has 4 rings (SSSR count). The summed E-state index contributed by atoms with van der Waals surface area (Å²) in [6.45, 7) is 14.3. The number of aliphatic hydroxyl groups excluding tert-OH is 2. The molecule has 0 radical (unpaired) electrons. The minimum Gasteiger partial charge on any atom is -0.490 e. The van der Waals surface area contributed by atoms with E-state index in [1.807, 2.05) is 6.92 Å². The molecule has 6 nitrogen and oxygen atoms in total. The van der Waals surface area contributed by atoms with E-state index in [1.165, 1.54) is 7.11 Å². The lowest BCUT2D eigenvalue weighted by atomic mass is 9.42. The van der Waals surface area contributed by atoms with Gasteiger partial charge in [0.15, 0.2) is 5.78 Å². The fourth-order valence-corrected chi connectivity index (χ4v) is 8.17. The number of hydrogen-bond acceptors (Lipinski definition) is 6. The van der Waals surface area contributed by atoms with Crippen LogP contribution < -0.4 is 0 Å². The van der Waals surface area contributed by atoms with Crippen molar-refractivity contribution >= 4 is 11.8 Å². The molecule has 3 aliphatic carbocycles. The quantitative estimate of drug-likeness (QED) is 0.470. The predicted molar refractivity (Wildman–Crippen MR) is 119 cm³/mol. The van der Waals surface area contributed by atoms with E-state index in [4.69, 9.17) is 9.47 Å². The third-order valence-electron chi connectivity index (χ3n) is 10.6. The van der Waals surface area contributed by atoms with Crippen molar-refractivity contribution in [3.8, 4) is 0 Å². The number of fused-ring (bicyclic) bond motifs is 3. The van der Waals surface area contributed by atoms with E-state index in [2.05, 4.69) is 34.6 Å². The van der Waals surface area contributed by atoms with Crippen LogP contribution in [0.4, 0.5) is 0 Å². The highest BCUT2D eigenvalue weighted by molar-refractivity contribution is 6.09. The average Bonchev–Trinajstić information content (AvgIpc) is 3.07. The lowest BCUT2D eigenvalue weighted by Crippen LogP contribution is -2.67. The fourth-order valence-electron chi connectivity index (χ4n) is 8.17. The van der Waals surface area contributed by atoms with Gasteiger partial charge in [0.25, 0.3) is 0 Å². The number of Topliss-reactive ketones (excluding diaryl/α,β-unsaturated/α-hetero) is 1. The highest BCUT2D eigenvalue weighted by Crippen LogP contribution is 2.71. The summed E-state index contributed by atoms with van der Waals surface area (Å²) < 4.78 is 12.0. The molecule has 6 heteroatoms. The number of carbonyl (C=O) groups is 2. The second-order valence-electron chi connectivity index (χ2n) is 12.1. The van der Waals surface area contributed by atoms with Gasteiger partial charge in [-0.05, 0) is 43.4 Å². The Labute approximate surface area is 191 Å². The van der Waals surface area contributed by atoms with Crippen molar-refractivity contribution in [2.24, 2.45) is 39.9 Å². The van der Waals surface area contributed by atoms with Crippen LogP contribution in [0.25, 0.3) is 0 Å². The topological polar surface area (TPSA) is 93.1 Å². The van der Waals surface area contributed by atoms with E-state index < -0.39 is 35.1 Å². The molecule has 0 amide bonds. The fraction of sp³-hybridized carbons (Fsp3) is 0.846. The highest BCUT2D eigenvalue weighted by atomic mass is 16.5. The Morgan fingerprint density at radius 2 is 1.75 bits per heavy atom. The Balaban J connectivity index is 1.88. The summed E-state index contributed by atoms with van der Waals surface area (Å²) in [6, 6.07) is 0.